The Kier molecular flexibility index (Phi) is 3.01. The van der Waals surface area contributed by atoms with Crippen molar-refractivity contribution >= 4 is 5.69 Å². The molecule has 0 amide bonds. The summed E-state index contributed by atoms with van der Waals surface area (Å²) in [6.45, 7) is 6.00. The first-order chi connectivity index (χ1) is 8.79. The van der Waals surface area contributed by atoms with Crippen LogP contribution in [0.3, 0.4) is 0 Å². The summed E-state index contributed by atoms with van der Waals surface area (Å²) in [5.74, 6) is 0. The predicted molar refractivity (Wildman–Crippen MR) is 71.7 cm³/mol. The summed E-state index contributed by atoms with van der Waals surface area (Å²) >= 11 is 0. The Hall–Kier alpha value is -2.37. The summed E-state index contributed by atoms with van der Waals surface area (Å²) in [5, 5.41) is 13.6. The predicted octanol–water partition coefficient (Wildman–Crippen LogP) is 2.37. The van der Waals surface area contributed by atoms with E-state index < -0.39 is 4.92 Å². The molecule has 0 radical (unpaired) electrons. The summed E-state index contributed by atoms with van der Waals surface area (Å²) in [4.78, 5) is 22.0. The van der Waals surface area contributed by atoms with Gasteiger partial charge in [-0.1, -0.05) is 20.8 Å². The highest BCUT2D eigenvalue weighted by Crippen LogP contribution is 2.19. The molecule has 0 bridgehead atoms. The molecule has 6 heteroatoms. The van der Waals surface area contributed by atoms with E-state index in [2.05, 4.69) is 5.10 Å². The molecule has 6 nitrogen and oxygen atoms in total. The van der Waals surface area contributed by atoms with Crippen molar-refractivity contribution in [1.82, 2.24) is 9.78 Å². The van der Waals surface area contributed by atoms with E-state index in [0.29, 0.717) is 5.69 Å². The van der Waals surface area contributed by atoms with E-state index in [1.807, 2.05) is 20.8 Å². The third-order valence-electron chi connectivity index (χ3n) is 2.85. The van der Waals surface area contributed by atoms with Gasteiger partial charge in [0.25, 0.3) is 11.2 Å². The molecule has 0 aliphatic rings. The number of aromatic amines is 1. The van der Waals surface area contributed by atoms with E-state index in [0.717, 1.165) is 5.69 Å². The van der Waals surface area contributed by atoms with Gasteiger partial charge in [0.2, 0.25) is 0 Å². The van der Waals surface area contributed by atoms with Crippen LogP contribution in [-0.2, 0) is 5.41 Å². The van der Waals surface area contributed by atoms with Gasteiger partial charge in [-0.25, -0.2) is 4.68 Å². The molecule has 0 spiro atoms. The van der Waals surface area contributed by atoms with Crippen molar-refractivity contribution in [1.29, 1.82) is 0 Å². The zero-order valence-corrected chi connectivity index (χ0v) is 11.0. The molecule has 2 rings (SSSR count). The Labute approximate surface area is 109 Å². The fourth-order valence-corrected chi connectivity index (χ4v) is 1.70. The average molecular weight is 261 g/mol. The highest BCUT2D eigenvalue weighted by Gasteiger charge is 2.18. The van der Waals surface area contributed by atoms with Crippen LogP contribution in [0.5, 0.6) is 0 Å². The number of aromatic nitrogens is 2. The molecule has 2 aromatic rings. The van der Waals surface area contributed by atoms with Crippen LogP contribution < -0.4 is 5.56 Å². The lowest BCUT2D eigenvalue weighted by molar-refractivity contribution is -0.384. The molecular weight excluding hydrogens is 246 g/mol. The number of nitrogens with zero attached hydrogens (tertiary/aromatic N) is 2. The van der Waals surface area contributed by atoms with Crippen molar-refractivity contribution in [3.05, 3.63) is 56.5 Å². The molecule has 1 heterocycles. The third kappa shape index (κ3) is 2.57. The Morgan fingerprint density at radius 2 is 1.79 bits per heavy atom. The zero-order chi connectivity index (χ0) is 14.2. The minimum atomic E-state index is -0.470. The quantitative estimate of drug-likeness (QED) is 0.665. The molecule has 1 N–H and O–H groups in total. The largest absolute Gasteiger partial charge is 0.294 e. The second-order valence-electron chi connectivity index (χ2n) is 5.37. The van der Waals surface area contributed by atoms with E-state index >= 15 is 0 Å². The number of hydrogen-bond donors (Lipinski definition) is 1. The molecule has 19 heavy (non-hydrogen) atoms. The average Bonchev–Trinajstić information content (AvgIpc) is 2.71. The zero-order valence-electron chi connectivity index (χ0n) is 11.0. The molecule has 0 atom stereocenters. The summed E-state index contributed by atoms with van der Waals surface area (Å²) in [6.07, 6.45) is 0. The van der Waals surface area contributed by atoms with Gasteiger partial charge in [0.15, 0.2) is 0 Å². The van der Waals surface area contributed by atoms with E-state index in [9.17, 15) is 14.9 Å². The van der Waals surface area contributed by atoms with Crippen LogP contribution in [0.25, 0.3) is 5.69 Å². The second kappa shape index (κ2) is 4.38. The van der Waals surface area contributed by atoms with Gasteiger partial charge in [-0.3, -0.25) is 20.0 Å². The number of hydrogen-bond acceptors (Lipinski definition) is 3. The van der Waals surface area contributed by atoms with E-state index in [1.165, 1.54) is 16.8 Å². The molecule has 0 saturated heterocycles. The van der Waals surface area contributed by atoms with E-state index in [4.69, 9.17) is 0 Å². The van der Waals surface area contributed by atoms with Gasteiger partial charge in [-0.15, -0.1) is 0 Å². The molecule has 0 saturated carbocycles. The van der Waals surface area contributed by atoms with Crippen molar-refractivity contribution in [2.45, 2.75) is 26.2 Å². The second-order valence-corrected chi connectivity index (χ2v) is 5.37. The van der Waals surface area contributed by atoms with Crippen molar-refractivity contribution < 1.29 is 4.92 Å². The molecule has 0 fully saturated rings. The first-order valence-electron chi connectivity index (χ1n) is 5.86. The van der Waals surface area contributed by atoms with Gasteiger partial charge >= 0.3 is 0 Å². The van der Waals surface area contributed by atoms with Crippen LogP contribution in [0.2, 0.25) is 0 Å². The van der Waals surface area contributed by atoms with Gasteiger partial charge in [0, 0.05) is 29.3 Å². The van der Waals surface area contributed by atoms with Crippen LogP contribution in [0.15, 0.2) is 35.1 Å². The number of rotatable bonds is 2. The maximum absolute atomic E-state index is 11.9. The third-order valence-corrected chi connectivity index (χ3v) is 2.85. The monoisotopic (exact) mass is 261 g/mol. The van der Waals surface area contributed by atoms with Crippen molar-refractivity contribution in [3.8, 4) is 5.69 Å². The number of nitro benzene ring substituents is 1. The SMILES string of the molecule is CC(C)(C)c1cc(=O)n(-c2ccc([N+](=O)[O-])cc2)[nH]1. The minimum absolute atomic E-state index is 0.000556. The molecule has 0 aliphatic heterocycles. The van der Waals surface area contributed by atoms with Gasteiger partial charge in [0.1, 0.15) is 0 Å². The maximum atomic E-state index is 11.9. The lowest BCUT2D eigenvalue weighted by Crippen LogP contribution is -2.14. The molecule has 100 valence electrons. The fourth-order valence-electron chi connectivity index (χ4n) is 1.70. The minimum Gasteiger partial charge on any atom is -0.294 e. The van der Waals surface area contributed by atoms with Crippen LogP contribution in [0.1, 0.15) is 26.5 Å². The summed E-state index contributed by atoms with van der Waals surface area (Å²) in [5.41, 5.74) is 1.05. The van der Waals surface area contributed by atoms with Crippen molar-refractivity contribution in [3.63, 3.8) is 0 Å². The van der Waals surface area contributed by atoms with Crippen LogP contribution in [0.4, 0.5) is 5.69 Å². The Morgan fingerprint density at radius 3 is 2.21 bits per heavy atom. The lowest BCUT2D eigenvalue weighted by atomic mass is 9.93. The number of non-ortho nitro benzene ring substituents is 1. The summed E-state index contributed by atoms with van der Waals surface area (Å²) < 4.78 is 1.38. The first kappa shape index (κ1) is 13.1. The Morgan fingerprint density at radius 1 is 1.21 bits per heavy atom. The maximum Gasteiger partial charge on any atom is 0.271 e. The van der Waals surface area contributed by atoms with Crippen LogP contribution in [-0.4, -0.2) is 14.7 Å². The van der Waals surface area contributed by atoms with Crippen molar-refractivity contribution in [2.75, 3.05) is 0 Å². The molecule has 0 aliphatic carbocycles. The highest BCUT2D eigenvalue weighted by atomic mass is 16.6. The number of nitrogens with one attached hydrogen (secondary N) is 1. The summed E-state index contributed by atoms with van der Waals surface area (Å²) in [6, 6.07) is 7.38. The lowest BCUT2D eigenvalue weighted by Gasteiger charge is -2.15. The van der Waals surface area contributed by atoms with Gasteiger partial charge < -0.3 is 0 Å². The van der Waals surface area contributed by atoms with E-state index in [1.54, 1.807) is 18.2 Å². The van der Waals surface area contributed by atoms with E-state index in [-0.39, 0.29) is 16.7 Å². The summed E-state index contributed by atoms with van der Waals surface area (Å²) in [7, 11) is 0. The van der Waals surface area contributed by atoms with Crippen molar-refractivity contribution in [2.24, 2.45) is 0 Å². The first-order valence-corrected chi connectivity index (χ1v) is 5.86. The number of H-pyrrole nitrogens is 1. The normalized spacial score (nSPS) is 11.5. The Bertz CT molecular complexity index is 660. The standard InChI is InChI=1S/C13H15N3O3/c1-13(2,3)11-8-12(17)15(14-11)9-4-6-10(7-5-9)16(18)19/h4-8,14H,1-3H3. The molecule has 0 unspecified atom stereocenters. The molecule has 1 aromatic heterocycles. The van der Waals surface area contributed by atoms with Gasteiger partial charge in [-0.2, -0.15) is 0 Å². The molecule has 1 aromatic carbocycles. The van der Waals surface area contributed by atoms with Gasteiger partial charge in [0.05, 0.1) is 10.6 Å². The van der Waals surface area contributed by atoms with Gasteiger partial charge in [-0.05, 0) is 12.1 Å². The number of benzene rings is 1. The number of nitro groups is 1. The highest BCUT2D eigenvalue weighted by molar-refractivity contribution is 5.40. The Balaban J connectivity index is 2.45. The smallest absolute Gasteiger partial charge is 0.271 e. The van der Waals surface area contributed by atoms with Crippen LogP contribution >= 0.6 is 0 Å². The fraction of sp³-hybridized carbons (Fsp3) is 0.308. The van der Waals surface area contributed by atoms with Crippen LogP contribution in [0, 0.1) is 10.1 Å². The molecular formula is C13H15N3O3. The topological polar surface area (TPSA) is 80.9 Å².